The standard InChI is InChI=1S/C14H15FN2O3S/c1-19-14(18)12(16)8-21-7-11-6-20-13(17-11)9-3-2-4-10(15)5-9/h2-6,12H,7-8,16H2,1H3. The number of nitrogens with two attached hydrogens (primary N) is 1. The first-order valence-corrected chi connectivity index (χ1v) is 7.37. The summed E-state index contributed by atoms with van der Waals surface area (Å²) in [6, 6.07) is 5.37. The first kappa shape index (κ1) is 15.5. The van der Waals surface area contributed by atoms with E-state index in [1.165, 1.54) is 37.3 Å². The van der Waals surface area contributed by atoms with Crippen LogP contribution in [0.1, 0.15) is 5.69 Å². The predicted octanol–water partition coefficient (Wildman–Crippen LogP) is 2.21. The number of halogens is 1. The van der Waals surface area contributed by atoms with Gasteiger partial charge in [0.25, 0.3) is 0 Å². The molecular weight excluding hydrogens is 295 g/mol. The lowest BCUT2D eigenvalue weighted by molar-refractivity contribution is -0.141. The molecule has 0 saturated carbocycles. The highest BCUT2D eigenvalue weighted by molar-refractivity contribution is 7.98. The maximum Gasteiger partial charge on any atom is 0.323 e. The van der Waals surface area contributed by atoms with Crippen LogP contribution in [0, 0.1) is 5.82 Å². The normalized spacial score (nSPS) is 12.1. The molecule has 112 valence electrons. The van der Waals surface area contributed by atoms with Crippen LogP contribution in [-0.4, -0.2) is 29.9 Å². The third-order valence-electron chi connectivity index (χ3n) is 2.67. The van der Waals surface area contributed by atoms with E-state index in [1.807, 2.05) is 0 Å². The summed E-state index contributed by atoms with van der Waals surface area (Å²) in [5, 5.41) is 0. The van der Waals surface area contributed by atoms with E-state index in [0.29, 0.717) is 28.7 Å². The third-order valence-corrected chi connectivity index (χ3v) is 3.77. The fraction of sp³-hybridized carbons (Fsp3) is 0.286. The van der Waals surface area contributed by atoms with Crippen molar-refractivity contribution in [2.24, 2.45) is 5.73 Å². The number of hydrogen-bond donors (Lipinski definition) is 1. The fourth-order valence-electron chi connectivity index (χ4n) is 1.64. The second kappa shape index (κ2) is 7.24. The number of esters is 1. The number of aromatic nitrogens is 1. The topological polar surface area (TPSA) is 78.4 Å². The maximum atomic E-state index is 13.1. The number of carbonyl (C=O) groups is 1. The van der Waals surface area contributed by atoms with Gasteiger partial charge in [0, 0.05) is 17.1 Å². The summed E-state index contributed by atoms with van der Waals surface area (Å²) in [6.45, 7) is 0. The van der Waals surface area contributed by atoms with Crippen LogP contribution in [0.2, 0.25) is 0 Å². The Balaban J connectivity index is 1.90. The van der Waals surface area contributed by atoms with E-state index in [9.17, 15) is 9.18 Å². The van der Waals surface area contributed by atoms with Crippen molar-refractivity contribution in [2.75, 3.05) is 12.9 Å². The summed E-state index contributed by atoms with van der Waals surface area (Å²) in [5.41, 5.74) is 6.91. The van der Waals surface area contributed by atoms with Crippen molar-refractivity contribution < 1.29 is 18.3 Å². The fourth-order valence-corrected chi connectivity index (χ4v) is 2.49. The van der Waals surface area contributed by atoms with Gasteiger partial charge in [0.05, 0.1) is 12.8 Å². The number of methoxy groups -OCH3 is 1. The number of hydrogen-bond acceptors (Lipinski definition) is 6. The van der Waals surface area contributed by atoms with Crippen molar-refractivity contribution in [2.45, 2.75) is 11.8 Å². The highest BCUT2D eigenvalue weighted by atomic mass is 32.2. The van der Waals surface area contributed by atoms with E-state index in [1.54, 1.807) is 12.1 Å². The minimum absolute atomic E-state index is 0.342. The summed E-state index contributed by atoms with van der Waals surface area (Å²) in [6.07, 6.45) is 1.51. The van der Waals surface area contributed by atoms with Crippen LogP contribution in [0.5, 0.6) is 0 Å². The van der Waals surface area contributed by atoms with Crippen molar-refractivity contribution in [1.82, 2.24) is 4.98 Å². The Bertz CT molecular complexity index is 618. The Kier molecular flexibility index (Phi) is 5.35. The van der Waals surface area contributed by atoms with Gasteiger partial charge in [0.2, 0.25) is 5.89 Å². The van der Waals surface area contributed by atoms with Crippen LogP contribution >= 0.6 is 11.8 Å². The Morgan fingerprint density at radius 3 is 3.10 bits per heavy atom. The van der Waals surface area contributed by atoms with Gasteiger partial charge in [-0.1, -0.05) is 6.07 Å². The Hall–Kier alpha value is -1.86. The molecule has 0 spiro atoms. The van der Waals surface area contributed by atoms with Crippen molar-refractivity contribution in [3.63, 3.8) is 0 Å². The van der Waals surface area contributed by atoms with Gasteiger partial charge in [-0.05, 0) is 18.2 Å². The molecule has 0 bridgehead atoms. The van der Waals surface area contributed by atoms with Crippen LogP contribution in [0.25, 0.3) is 11.5 Å². The zero-order chi connectivity index (χ0) is 15.2. The molecule has 1 heterocycles. The van der Waals surface area contributed by atoms with Crippen LogP contribution in [0.15, 0.2) is 34.9 Å². The van der Waals surface area contributed by atoms with E-state index in [4.69, 9.17) is 10.2 Å². The van der Waals surface area contributed by atoms with E-state index in [0.717, 1.165) is 0 Å². The van der Waals surface area contributed by atoms with Gasteiger partial charge in [0.15, 0.2) is 0 Å². The Morgan fingerprint density at radius 2 is 2.38 bits per heavy atom. The predicted molar refractivity (Wildman–Crippen MR) is 78.1 cm³/mol. The van der Waals surface area contributed by atoms with E-state index >= 15 is 0 Å². The second-order valence-electron chi connectivity index (χ2n) is 4.30. The lowest BCUT2D eigenvalue weighted by Gasteiger charge is -2.07. The van der Waals surface area contributed by atoms with Gasteiger partial charge >= 0.3 is 5.97 Å². The zero-order valence-electron chi connectivity index (χ0n) is 11.4. The van der Waals surface area contributed by atoms with Gasteiger partial charge in [-0.25, -0.2) is 9.37 Å². The molecule has 2 aromatic rings. The van der Waals surface area contributed by atoms with Crippen LogP contribution in [0.4, 0.5) is 4.39 Å². The lowest BCUT2D eigenvalue weighted by atomic mass is 10.2. The Labute approximate surface area is 125 Å². The van der Waals surface area contributed by atoms with Crippen molar-refractivity contribution >= 4 is 17.7 Å². The van der Waals surface area contributed by atoms with Crippen molar-refractivity contribution in [3.8, 4) is 11.5 Å². The van der Waals surface area contributed by atoms with Crippen molar-refractivity contribution in [1.29, 1.82) is 0 Å². The van der Waals surface area contributed by atoms with Crippen LogP contribution < -0.4 is 5.73 Å². The molecule has 0 aliphatic heterocycles. The van der Waals surface area contributed by atoms with Crippen molar-refractivity contribution in [3.05, 3.63) is 42.0 Å². The summed E-state index contributed by atoms with van der Waals surface area (Å²) >= 11 is 1.45. The number of oxazole rings is 1. The SMILES string of the molecule is COC(=O)C(N)CSCc1coc(-c2cccc(F)c2)n1. The molecule has 0 fully saturated rings. The summed E-state index contributed by atoms with van der Waals surface area (Å²) in [5.74, 6) is 0.550. The number of thioether (sulfide) groups is 1. The summed E-state index contributed by atoms with van der Waals surface area (Å²) in [4.78, 5) is 15.4. The number of nitrogens with zero attached hydrogens (tertiary/aromatic N) is 1. The monoisotopic (exact) mass is 310 g/mol. The maximum absolute atomic E-state index is 13.1. The van der Waals surface area contributed by atoms with Crippen LogP contribution in [-0.2, 0) is 15.3 Å². The minimum Gasteiger partial charge on any atom is -0.468 e. The zero-order valence-corrected chi connectivity index (χ0v) is 12.2. The molecular formula is C14H15FN2O3S. The van der Waals surface area contributed by atoms with Gasteiger partial charge in [-0.15, -0.1) is 0 Å². The highest BCUT2D eigenvalue weighted by Gasteiger charge is 2.14. The number of rotatable bonds is 6. The van der Waals surface area contributed by atoms with Gasteiger partial charge in [-0.3, -0.25) is 4.79 Å². The minimum atomic E-state index is -0.658. The van der Waals surface area contributed by atoms with Gasteiger partial charge in [0.1, 0.15) is 18.1 Å². The van der Waals surface area contributed by atoms with Crippen LogP contribution in [0.3, 0.4) is 0 Å². The smallest absolute Gasteiger partial charge is 0.323 e. The van der Waals surface area contributed by atoms with E-state index in [-0.39, 0.29) is 5.82 Å². The largest absolute Gasteiger partial charge is 0.468 e. The van der Waals surface area contributed by atoms with E-state index < -0.39 is 12.0 Å². The molecule has 7 heteroatoms. The molecule has 5 nitrogen and oxygen atoms in total. The molecule has 0 amide bonds. The third kappa shape index (κ3) is 4.30. The quantitative estimate of drug-likeness (QED) is 0.824. The summed E-state index contributed by atoms with van der Waals surface area (Å²) in [7, 11) is 1.30. The molecule has 21 heavy (non-hydrogen) atoms. The number of carbonyl (C=O) groups excluding carboxylic acids is 1. The molecule has 0 radical (unpaired) electrons. The molecule has 1 atom stereocenters. The highest BCUT2D eigenvalue weighted by Crippen LogP contribution is 2.21. The molecule has 2 N–H and O–H groups in total. The van der Waals surface area contributed by atoms with E-state index in [2.05, 4.69) is 9.72 Å². The Morgan fingerprint density at radius 1 is 1.57 bits per heavy atom. The van der Waals surface area contributed by atoms with Gasteiger partial charge < -0.3 is 14.9 Å². The average Bonchev–Trinajstić information content (AvgIpc) is 2.95. The first-order chi connectivity index (χ1) is 10.1. The molecule has 0 aliphatic carbocycles. The second-order valence-corrected chi connectivity index (χ2v) is 5.33. The average molecular weight is 310 g/mol. The molecule has 1 aromatic carbocycles. The first-order valence-electron chi connectivity index (χ1n) is 6.21. The molecule has 0 aliphatic rings. The molecule has 0 saturated heterocycles. The lowest BCUT2D eigenvalue weighted by Crippen LogP contribution is -2.33. The molecule has 1 unspecified atom stereocenters. The number of ether oxygens (including phenoxy) is 1. The summed E-state index contributed by atoms with van der Waals surface area (Å²) < 4.78 is 23.0. The molecule has 1 aromatic heterocycles. The molecule has 2 rings (SSSR count). The number of benzene rings is 1. The van der Waals surface area contributed by atoms with Gasteiger partial charge in [-0.2, -0.15) is 11.8 Å².